The third-order valence-electron chi connectivity index (χ3n) is 2.77. The van der Waals surface area contributed by atoms with Gasteiger partial charge in [-0.15, -0.1) is 0 Å². The maximum Gasteiger partial charge on any atom is 0.265 e. The van der Waals surface area contributed by atoms with Crippen molar-refractivity contribution in [2.45, 2.75) is 11.8 Å². The van der Waals surface area contributed by atoms with Gasteiger partial charge in [-0.25, -0.2) is 21.6 Å². The Hall–Kier alpha value is -1.93. The fourth-order valence-corrected chi connectivity index (χ4v) is 3.24. The van der Waals surface area contributed by atoms with E-state index in [2.05, 4.69) is 0 Å². The fraction of sp³-hybridized carbons (Fsp3) is 0.143. The molecule has 0 atom stereocenters. The lowest BCUT2D eigenvalue weighted by Crippen LogP contribution is -2.16. The molecule has 0 aliphatic carbocycles. The number of sulfonamides is 1. The van der Waals surface area contributed by atoms with Crippen molar-refractivity contribution in [2.75, 3.05) is 11.3 Å². The summed E-state index contributed by atoms with van der Waals surface area (Å²) in [5.41, 5.74) is -0.730. The highest BCUT2D eigenvalue weighted by molar-refractivity contribution is 7.92. The topological polar surface area (TPSA) is 55.4 Å². The van der Waals surface area contributed by atoms with Crippen LogP contribution in [0.2, 0.25) is 5.02 Å². The zero-order valence-corrected chi connectivity index (χ0v) is 13.3. The van der Waals surface area contributed by atoms with Gasteiger partial charge in [-0.1, -0.05) is 11.6 Å². The molecule has 124 valence electrons. The number of nitrogens with one attached hydrogen (secondary N) is 1. The highest BCUT2D eigenvalue weighted by atomic mass is 35.5. The largest absolute Gasteiger partial charge is 0.492 e. The van der Waals surface area contributed by atoms with Gasteiger partial charge in [0.2, 0.25) is 0 Å². The molecule has 0 radical (unpaired) electrons. The molecular weight excluding hydrogens is 355 g/mol. The van der Waals surface area contributed by atoms with E-state index in [-0.39, 0.29) is 22.3 Å². The first-order valence-corrected chi connectivity index (χ1v) is 8.21. The molecule has 0 unspecified atom stereocenters. The summed E-state index contributed by atoms with van der Waals surface area (Å²) in [4.78, 5) is -0.351. The molecule has 2 aromatic carbocycles. The Labute approximate surface area is 135 Å². The Morgan fingerprint density at radius 1 is 1.13 bits per heavy atom. The summed E-state index contributed by atoms with van der Waals surface area (Å²) in [5, 5.41) is 0.111. The Balaban J connectivity index is 2.48. The van der Waals surface area contributed by atoms with Crippen molar-refractivity contribution in [3.63, 3.8) is 0 Å². The van der Waals surface area contributed by atoms with Crippen molar-refractivity contribution in [2.24, 2.45) is 0 Å². The van der Waals surface area contributed by atoms with Crippen LogP contribution in [0.3, 0.4) is 0 Å². The zero-order chi connectivity index (χ0) is 17.2. The van der Waals surface area contributed by atoms with Crippen molar-refractivity contribution in [1.82, 2.24) is 0 Å². The van der Waals surface area contributed by atoms with E-state index < -0.39 is 33.2 Å². The Morgan fingerprint density at radius 3 is 2.48 bits per heavy atom. The van der Waals surface area contributed by atoms with Gasteiger partial charge >= 0.3 is 0 Å². The monoisotopic (exact) mass is 365 g/mol. The molecule has 0 aliphatic rings. The number of anilines is 1. The second-order valence-electron chi connectivity index (χ2n) is 4.35. The summed E-state index contributed by atoms with van der Waals surface area (Å²) in [7, 11) is -4.33. The molecule has 0 fully saturated rings. The lowest BCUT2D eigenvalue weighted by molar-refractivity contribution is 0.331. The second-order valence-corrected chi connectivity index (χ2v) is 6.44. The number of hydrogen-bond acceptors (Lipinski definition) is 3. The minimum Gasteiger partial charge on any atom is -0.492 e. The Morgan fingerprint density at radius 2 is 1.83 bits per heavy atom. The summed E-state index contributed by atoms with van der Waals surface area (Å²) >= 11 is 5.77. The van der Waals surface area contributed by atoms with Gasteiger partial charge in [0.05, 0.1) is 12.3 Å². The van der Waals surface area contributed by atoms with Gasteiger partial charge in [0.15, 0.2) is 17.5 Å². The maximum absolute atomic E-state index is 13.6. The van der Waals surface area contributed by atoms with Gasteiger partial charge in [-0.05, 0) is 37.3 Å². The van der Waals surface area contributed by atoms with E-state index in [1.54, 1.807) is 6.92 Å². The van der Waals surface area contributed by atoms with Crippen molar-refractivity contribution in [3.05, 3.63) is 52.8 Å². The van der Waals surface area contributed by atoms with Gasteiger partial charge in [-0.3, -0.25) is 4.72 Å². The predicted molar refractivity (Wildman–Crippen MR) is 79.7 cm³/mol. The molecule has 0 amide bonds. The van der Waals surface area contributed by atoms with Crippen LogP contribution in [-0.4, -0.2) is 15.0 Å². The van der Waals surface area contributed by atoms with E-state index in [0.29, 0.717) is 6.07 Å². The molecule has 4 nitrogen and oxygen atoms in total. The SMILES string of the molecule is CCOc1ccc(Cl)cc1S(=O)(=O)Nc1ccc(F)c(F)c1F. The Kier molecular flexibility index (Phi) is 5.06. The minimum absolute atomic E-state index is 0.00704. The number of ether oxygens (including phenoxy) is 1. The van der Waals surface area contributed by atoms with Crippen LogP contribution in [0.5, 0.6) is 5.75 Å². The summed E-state index contributed by atoms with van der Waals surface area (Å²) < 4.78 is 71.5. The molecule has 2 aromatic rings. The summed E-state index contributed by atoms with van der Waals surface area (Å²) in [5.74, 6) is -4.86. The standard InChI is InChI=1S/C14H11ClF3NO3S/c1-2-22-11-6-3-8(15)7-12(11)23(20,21)19-10-5-4-9(16)13(17)14(10)18/h3-7,19H,2H2,1H3. The molecule has 0 saturated heterocycles. The van der Waals surface area contributed by atoms with Crippen molar-refractivity contribution < 1.29 is 26.3 Å². The molecule has 9 heteroatoms. The van der Waals surface area contributed by atoms with E-state index in [1.807, 2.05) is 4.72 Å². The van der Waals surface area contributed by atoms with E-state index in [1.165, 1.54) is 12.1 Å². The first-order valence-electron chi connectivity index (χ1n) is 6.35. The fourth-order valence-electron chi connectivity index (χ4n) is 1.77. The van der Waals surface area contributed by atoms with Crippen LogP contribution in [0.15, 0.2) is 35.2 Å². The zero-order valence-electron chi connectivity index (χ0n) is 11.7. The predicted octanol–water partition coefficient (Wildman–Crippen LogP) is 3.96. The molecule has 0 bridgehead atoms. The van der Waals surface area contributed by atoms with Crippen LogP contribution >= 0.6 is 11.6 Å². The molecule has 0 aliphatic heterocycles. The summed E-state index contributed by atoms with van der Waals surface area (Å²) in [6.45, 7) is 1.83. The molecule has 23 heavy (non-hydrogen) atoms. The van der Waals surface area contributed by atoms with Crippen molar-refractivity contribution in [1.29, 1.82) is 0 Å². The average Bonchev–Trinajstić information content (AvgIpc) is 2.50. The molecule has 0 heterocycles. The third-order valence-corrected chi connectivity index (χ3v) is 4.40. The first-order chi connectivity index (χ1) is 10.8. The van der Waals surface area contributed by atoms with Gasteiger partial charge < -0.3 is 4.74 Å². The smallest absolute Gasteiger partial charge is 0.265 e. The van der Waals surface area contributed by atoms with E-state index in [0.717, 1.165) is 12.1 Å². The molecule has 0 aromatic heterocycles. The normalized spacial score (nSPS) is 11.3. The molecule has 2 rings (SSSR count). The molecule has 0 saturated carbocycles. The average molecular weight is 366 g/mol. The molecule has 1 N–H and O–H groups in total. The number of halogens is 4. The highest BCUT2D eigenvalue weighted by Crippen LogP contribution is 2.30. The van der Waals surface area contributed by atoms with Crippen LogP contribution in [0, 0.1) is 17.5 Å². The third kappa shape index (κ3) is 3.70. The maximum atomic E-state index is 13.6. The number of benzene rings is 2. The highest BCUT2D eigenvalue weighted by Gasteiger charge is 2.23. The van der Waals surface area contributed by atoms with Crippen LogP contribution in [0.4, 0.5) is 18.9 Å². The molecule has 0 spiro atoms. The summed E-state index contributed by atoms with van der Waals surface area (Å²) in [6, 6.07) is 5.24. The van der Waals surface area contributed by atoms with Gasteiger partial charge in [0.1, 0.15) is 10.6 Å². The van der Waals surface area contributed by atoms with Crippen LogP contribution < -0.4 is 9.46 Å². The van der Waals surface area contributed by atoms with Crippen LogP contribution in [-0.2, 0) is 10.0 Å². The van der Waals surface area contributed by atoms with Crippen molar-refractivity contribution >= 4 is 27.3 Å². The van der Waals surface area contributed by atoms with Gasteiger partial charge in [0, 0.05) is 5.02 Å². The Bertz CT molecular complexity index is 843. The van der Waals surface area contributed by atoms with Gasteiger partial charge in [-0.2, -0.15) is 0 Å². The van der Waals surface area contributed by atoms with Crippen LogP contribution in [0.1, 0.15) is 6.92 Å². The minimum atomic E-state index is -4.33. The quantitative estimate of drug-likeness (QED) is 0.816. The van der Waals surface area contributed by atoms with Gasteiger partial charge in [0.25, 0.3) is 10.0 Å². The number of hydrogen-bond donors (Lipinski definition) is 1. The lowest BCUT2D eigenvalue weighted by Gasteiger charge is -2.13. The van der Waals surface area contributed by atoms with Crippen LogP contribution in [0.25, 0.3) is 0 Å². The lowest BCUT2D eigenvalue weighted by atomic mass is 10.3. The first kappa shape index (κ1) is 17.4. The van der Waals surface area contributed by atoms with Crippen molar-refractivity contribution in [3.8, 4) is 5.75 Å². The molecular formula is C14H11ClF3NO3S. The summed E-state index contributed by atoms with van der Waals surface area (Å²) in [6.07, 6.45) is 0. The van der Waals surface area contributed by atoms with E-state index in [9.17, 15) is 21.6 Å². The number of rotatable bonds is 5. The second kappa shape index (κ2) is 6.67. The van der Waals surface area contributed by atoms with E-state index in [4.69, 9.17) is 16.3 Å². The van der Waals surface area contributed by atoms with E-state index >= 15 is 0 Å².